The highest BCUT2D eigenvalue weighted by Crippen LogP contribution is 2.31. The van der Waals surface area contributed by atoms with Crippen LogP contribution in [0.2, 0.25) is 0 Å². The number of rotatable bonds is 14. The lowest BCUT2D eigenvalue weighted by Crippen LogP contribution is -2.28. The van der Waals surface area contributed by atoms with E-state index in [1.54, 1.807) is 6.92 Å². The van der Waals surface area contributed by atoms with Gasteiger partial charge in [-0.15, -0.1) is 0 Å². The van der Waals surface area contributed by atoms with Crippen LogP contribution in [0.4, 0.5) is 0 Å². The van der Waals surface area contributed by atoms with Gasteiger partial charge in [0.15, 0.2) is 5.76 Å². The standard InChI is InChI=1S/C22H38O4/c1-5-6-7-8-9-10-11-12-13-14-15-16-18-20(24)21(25-3)17(2)19(23)22(18)26-4/h19,23H,5-16H2,1-4H3. The molecule has 1 aliphatic rings. The van der Waals surface area contributed by atoms with Crippen LogP contribution in [-0.2, 0) is 14.3 Å². The number of ether oxygens (including phenoxy) is 2. The van der Waals surface area contributed by atoms with Crippen molar-refractivity contribution < 1.29 is 19.4 Å². The summed E-state index contributed by atoms with van der Waals surface area (Å²) in [6, 6.07) is 0. The maximum absolute atomic E-state index is 12.6. The molecule has 1 aliphatic carbocycles. The number of Topliss-reactive ketones (excluding diaryl/α,β-unsaturated/α-hetero) is 1. The summed E-state index contributed by atoms with van der Waals surface area (Å²) >= 11 is 0. The fraction of sp³-hybridized carbons (Fsp3) is 0.773. The molecule has 0 aromatic heterocycles. The van der Waals surface area contributed by atoms with Crippen molar-refractivity contribution in [3.05, 3.63) is 22.7 Å². The number of hydrogen-bond donors (Lipinski definition) is 1. The first kappa shape index (κ1) is 22.8. The van der Waals surface area contributed by atoms with E-state index < -0.39 is 6.10 Å². The number of aliphatic hydroxyl groups is 1. The molecule has 0 saturated heterocycles. The minimum absolute atomic E-state index is 0.140. The molecular formula is C22H38O4. The Morgan fingerprint density at radius 2 is 1.35 bits per heavy atom. The maximum atomic E-state index is 12.6. The van der Waals surface area contributed by atoms with E-state index in [9.17, 15) is 9.90 Å². The molecule has 0 amide bonds. The first-order valence-electron chi connectivity index (χ1n) is 10.3. The summed E-state index contributed by atoms with van der Waals surface area (Å²) in [5.74, 6) is 0.510. The molecule has 0 fully saturated rings. The molecule has 4 heteroatoms. The highest BCUT2D eigenvalue weighted by atomic mass is 16.5. The summed E-state index contributed by atoms with van der Waals surface area (Å²) < 4.78 is 10.5. The fourth-order valence-electron chi connectivity index (χ4n) is 3.61. The molecule has 1 rings (SSSR count). The molecule has 0 aromatic carbocycles. The van der Waals surface area contributed by atoms with E-state index in [0.29, 0.717) is 23.3 Å². The molecule has 0 bridgehead atoms. The van der Waals surface area contributed by atoms with E-state index in [0.717, 1.165) is 12.8 Å². The van der Waals surface area contributed by atoms with E-state index in [-0.39, 0.29) is 11.5 Å². The predicted molar refractivity (Wildman–Crippen MR) is 106 cm³/mol. The van der Waals surface area contributed by atoms with Gasteiger partial charge in [0, 0.05) is 11.1 Å². The van der Waals surface area contributed by atoms with Gasteiger partial charge in [0.25, 0.3) is 0 Å². The largest absolute Gasteiger partial charge is 0.498 e. The van der Waals surface area contributed by atoms with E-state index in [1.807, 2.05) is 0 Å². The van der Waals surface area contributed by atoms with Crippen LogP contribution in [0.25, 0.3) is 0 Å². The highest BCUT2D eigenvalue weighted by Gasteiger charge is 2.34. The smallest absolute Gasteiger partial charge is 0.227 e. The molecule has 0 aromatic rings. The summed E-state index contributed by atoms with van der Waals surface area (Å²) in [7, 11) is 2.98. The van der Waals surface area contributed by atoms with Gasteiger partial charge in [-0.05, 0) is 19.8 Å². The molecule has 0 aliphatic heterocycles. The summed E-state index contributed by atoms with van der Waals surface area (Å²) in [6.45, 7) is 3.96. The maximum Gasteiger partial charge on any atom is 0.227 e. The van der Waals surface area contributed by atoms with E-state index >= 15 is 0 Å². The zero-order chi connectivity index (χ0) is 19.4. The zero-order valence-electron chi connectivity index (χ0n) is 17.2. The van der Waals surface area contributed by atoms with Gasteiger partial charge in [-0.3, -0.25) is 4.79 Å². The molecule has 4 nitrogen and oxygen atoms in total. The highest BCUT2D eigenvalue weighted by molar-refractivity contribution is 6.09. The third-order valence-corrected chi connectivity index (χ3v) is 5.25. The molecule has 1 unspecified atom stereocenters. The van der Waals surface area contributed by atoms with Crippen LogP contribution in [-0.4, -0.2) is 31.2 Å². The third-order valence-electron chi connectivity index (χ3n) is 5.25. The minimum atomic E-state index is -0.879. The first-order chi connectivity index (χ1) is 12.6. The van der Waals surface area contributed by atoms with Crippen molar-refractivity contribution in [2.24, 2.45) is 0 Å². The lowest BCUT2D eigenvalue weighted by atomic mass is 9.89. The first-order valence-corrected chi connectivity index (χ1v) is 10.3. The van der Waals surface area contributed by atoms with Gasteiger partial charge in [0.05, 0.1) is 14.2 Å². The zero-order valence-corrected chi connectivity index (χ0v) is 17.2. The van der Waals surface area contributed by atoms with Crippen molar-refractivity contribution in [1.82, 2.24) is 0 Å². The number of unbranched alkanes of at least 4 members (excludes halogenated alkanes) is 10. The Bertz CT molecular complexity index is 490. The van der Waals surface area contributed by atoms with Crippen LogP contribution in [0, 0.1) is 0 Å². The second kappa shape index (κ2) is 13.0. The number of aliphatic hydroxyl groups excluding tert-OH is 1. The van der Waals surface area contributed by atoms with Gasteiger partial charge >= 0.3 is 0 Å². The lowest BCUT2D eigenvalue weighted by Gasteiger charge is -2.25. The van der Waals surface area contributed by atoms with E-state index in [2.05, 4.69) is 6.92 Å². The number of ketones is 1. The summed E-state index contributed by atoms with van der Waals surface area (Å²) in [5, 5.41) is 10.3. The molecule has 1 N–H and O–H groups in total. The monoisotopic (exact) mass is 366 g/mol. The minimum Gasteiger partial charge on any atom is -0.498 e. The SMILES string of the molecule is CCCCCCCCCCCCCC1=C(OC)C(O)C(C)=C(OC)C1=O. The molecular weight excluding hydrogens is 328 g/mol. The molecule has 0 radical (unpaired) electrons. The predicted octanol–water partition coefficient (Wildman–Crippen LogP) is 5.45. The number of hydrogen-bond acceptors (Lipinski definition) is 4. The summed E-state index contributed by atoms with van der Waals surface area (Å²) in [4.78, 5) is 12.6. The second-order valence-corrected chi connectivity index (χ2v) is 7.28. The van der Waals surface area contributed by atoms with Gasteiger partial charge in [0.2, 0.25) is 5.78 Å². The van der Waals surface area contributed by atoms with Crippen molar-refractivity contribution in [2.75, 3.05) is 14.2 Å². The molecule has 0 spiro atoms. The number of allylic oxidation sites excluding steroid dienone is 1. The Hall–Kier alpha value is -1.29. The topological polar surface area (TPSA) is 55.8 Å². The Morgan fingerprint density at radius 1 is 0.846 bits per heavy atom. The lowest BCUT2D eigenvalue weighted by molar-refractivity contribution is -0.116. The van der Waals surface area contributed by atoms with Crippen LogP contribution in [0.15, 0.2) is 22.7 Å². The fourth-order valence-corrected chi connectivity index (χ4v) is 3.61. The van der Waals surface area contributed by atoms with E-state index in [1.165, 1.54) is 72.0 Å². The Morgan fingerprint density at radius 3 is 1.81 bits per heavy atom. The van der Waals surface area contributed by atoms with Gasteiger partial charge in [0.1, 0.15) is 11.9 Å². The van der Waals surface area contributed by atoms with Gasteiger partial charge in [-0.2, -0.15) is 0 Å². The van der Waals surface area contributed by atoms with Crippen LogP contribution in [0.5, 0.6) is 0 Å². The van der Waals surface area contributed by atoms with Crippen molar-refractivity contribution >= 4 is 5.78 Å². The van der Waals surface area contributed by atoms with Crippen molar-refractivity contribution in [3.8, 4) is 0 Å². The van der Waals surface area contributed by atoms with Gasteiger partial charge in [-0.25, -0.2) is 0 Å². The van der Waals surface area contributed by atoms with Crippen molar-refractivity contribution in [3.63, 3.8) is 0 Å². The third kappa shape index (κ3) is 6.79. The van der Waals surface area contributed by atoms with Crippen LogP contribution in [0.3, 0.4) is 0 Å². The second-order valence-electron chi connectivity index (χ2n) is 7.28. The molecule has 26 heavy (non-hydrogen) atoms. The van der Waals surface area contributed by atoms with Crippen molar-refractivity contribution in [2.45, 2.75) is 97.0 Å². The van der Waals surface area contributed by atoms with Crippen LogP contribution < -0.4 is 0 Å². The average molecular weight is 367 g/mol. The molecule has 0 heterocycles. The van der Waals surface area contributed by atoms with Crippen molar-refractivity contribution in [1.29, 1.82) is 0 Å². The normalized spacial score (nSPS) is 17.9. The Kier molecular flexibility index (Phi) is 11.3. The van der Waals surface area contributed by atoms with Gasteiger partial charge in [-0.1, -0.05) is 71.1 Å². The molecule has 150 valence electrons. The summed E-state index contributed by atoms with van der Waals surface area (Å²) in [6.07, 6.45) is 13.7. The average Bonchev–Trinajstić information content (AvgIpc) is 2.64. The number of carbonyl (C=O) groups is 1. The Balaban J connectivity index is 2.29. The Labute approximate surface area is 159 Å². The van der Waals surface area contributed by atoms with Crippen LogP contribution >= 0.6 is 0 Å². The number of methoxy groups -OCH3 is 2. The quantitative estimate of drug-likeness (QED) is 0.415. The van der Waals surface area contributed by atoms with Gasteiger partial charge < -0.3 is 14.6 Å². The van der Waals surface area contributed by atoms with E-state index in [4.69, 9.17) is 9.47 Å². The van der Waals surface area contributed by atoms with Crippen LogP contribution in [0.1, 0.15) is 90.9 Å². The number of carbonyl (C=O) groups excluding carboxylic acids is 1. The molecule has 1 atom stereocenters. The molecule has 0 saturated carbocycles. The summed E-state index contributed by atoms with van der Waals surface area (Å²) in [5.41, 5.74) is 1.09.